The molecule has 1 aliphatic carbocycles. The summed E-state index contributed by atoms with van der Waals surface area (Å²) < 4.78 is 5.32. The molecule has 3 nitrogen and oxygen atoms in total. The van der Waals surface area contributed by atoms with Crippen molar-refractivity contribution in [3.05, 3.63) is 22.7 Å². The van der Waals surface area contributed by atoms with E-state index in [1.807, 2.05) is 13.0 Å². The molecule has 0 spiro atoms. The lowest BCUT2D eigenvalue weighted by molar-refractivity contribution is 0.415. The van der Waals surface area contributed by atoms with Gasteiger partial charge < -0.3 is 10.5 Å². The predicted molar refractivity (Wildman–Crippen MR) is 80.6 cm³/mol. The molecule has 1 aliphatic rings. The molecule has 1 aromatic rings. The molecular formula is C15H21ClN2O. The Morgan fingerprint density at radius 1 is 1.32 bits per heavy atom. The van der Waals surface area contributed by atoms with Crippen molar-refractivity contribution in [3.8, 4) is 5.75 Å². The third-order valence-corrected chi connectivity index (χ3v) is 4.14. The molecule has 1 aromatic carbocycles. The van der Waals surface area contributed by atoms with Gasteiger partial charge in [0.15, 0.2) is 0 Å². The first-order chi connectivity index (χ1) is 9.11. The van der Waals surface area contributed by atoms with Crippen molar-refractivity contribution in [2.24, 2.45) is 16.6 Å². The van der Waals surface area contributed by atoms with Crippen LogP contribution >= 0.6 is 11.6 Å². The number of nitrogens with two attached hydrogens (primary N) is 1. The van der Waals surface area contributed by atoms with Gasteiger partial charge in [0.2, 0.25) is 0 Å². The fourth-order valence-corrected chi connectivity index (χ4v) is 2.68. The fraction of sp³-hybridized carbons (Fsp3) is 0.533. The van der Waals surface area contributed by atoms with Gasteiger partial charge in [-0.2, -0.15) is 0 Å². The van der Waals surface area contributed by atoms with Gasteiger partial charge in [0.25, 0.3) is 0 Å². The number of rotatable bonds is 3. The molecule has 0 aliphatic heterocycles. The highest BCUT2D eigenvalue weighted by Gasteiger charge is 2.17. The van der Waals surface area contributed by atoms with Crippen LogP contribution in [0, 0.1) is 12.8 Å². The third-order valence-electron chi connectivity index (χ3n) is 3.73. The fourth-order valence-electron chi connectivity index (χ4n) is 2.53. The number of nitrogens with zero attached hydrogens (tertiary/aromatic N) is 1. The van der Waals surface area contributed by atoms with Crippen LogP contribution in [0.25, 0.3) is 0 Å². The summed E-state index contributed by atoms with van der Waals surface area (Å²) in [5.74, 6) is 1.81. The Kier molecular flexibility index (Phi) is 4.70. The zero-order valence-electron chi connectivity index (χ0n) is 11.6. The Labute approximate surface area is 119 Å². The molecule has 1 fully saturated rings. The first-order valence-corrected chi connectivity index (χ1v) is 7.18. The second-order valence-corrected chi connectivity index (χ2v) is 5.55. The number of aryl methyl sites for hydroxylation is 1. The van der Waals surface area contributed by atoms with Gasteiger partial charge in [-0.3, -0.25) is 0 Å². The van der Waals surface area contributed by atoms with Gasteiger partial charge in [0, 0.05) is 17.0 Å². The van der Waals surface area contributed by atoms with Crippen molar-refractivity contribution in [3.63, 3.8) is 0 Å². The minimum absolute atomic E-state index is 0.412. The van der Waals surface area contributed by atoms with E-state index in [2.05, 4.69) is 4.99 Å². The van der Waals surface area contributed by atoms with Gasteiger partial charge in [-0.1, -0.05) is 30.9 Å². The number of amidine groups is 1. The number of benzene rings is 1. The van der Waals surface area contributed by atoms with Crippen LogP contribution in [0.4, 0.5) is 5.69 Å². The first-order valence-electron chi connectivity index (χ1n) is 6.80. The summed E-state index contributed by atoms with van der Waals surface area (Å²) in [4.78, 5) is 4.57. The molecule has 4 heteroatoms. The molecule has 19 heavy (non-hydrogen) atoms. The number of methoxy groups -OCH3 is 1. The van der Waals surface area contributed by atoms with Crippen LogP contribution in [0.5, 0.6) is 5.75 Å². The summed E-state index contributed by atoms with van der Waals surface area (Å²) >= 11 is 6.09. The topological polar surface area (TPSA) is 47.6 Å². The molecule has 0 atom stereocenters. The smallest absolute Gasteiger partial charge is 0.146 e. The van der Waals surface area contributed by atoms with Crippen LogP contribution in [0.2, 0.25) is 5.02 Å². The summed E-state index contributed by atoms with van der Waals surface area (Å²) in [7, 11) is 1.62. The molecule has 1 saturated carbocycles. The quantitative estimate of drug-likeness (QED) is 0.665. The molecule has 0 heterocycles. The van der Waals surface area contributed by atoms with Crippen molar-refractivity contribution in [2.45, 2.75) is 39.0 Å². The van der Waals surface area contributed by atoms with Crippen molar-refractivity contribution in [2.75, 3.05) is 7.11 Å². The van der Waals surface area contributed by atoms with Crippen molar-refractivity contribution < 1.29 is 4.74 Å². The second kappa shape index (κ2) is 6.29. The molecule has 2 N–H and O–H groups in total. The molecule has 2 rings (SSSR count). The largest absolute Gasteiger partial charge is 0.494 e. The zero-order valence-corrected chi connectivity index (χ0v) is 12.3. The monoisotopic (exact) mass is 280 g/mol. The lowest BCUT2D eigenvalue weighted by atomic mass is 9.88. The minimum atomic E-state index is 0.412. The van der Waals surface area contributed by atoms with Crippen LogP contribution in [-0.2, 0) is 0 Å². The lowest BCUT2D eigenvalue weighted by Crippen LogP contribution is -2.25. The van der Waals surface area contributed by atoms with Gasteiger partial charge in [-0.25, -0.2) is 4.99 Å². The number of halogens is 1. The van der Waals surface area contributed by atoms with E-state index in [4.69, 9.17) is 22.1 Å². The highest BCUT2D eigenvalue weighted by atomic mass is 35.5. The Balaban J connectivity index is 2.27. The summed E-state index contributed by atoms with van der Waals surface area (Å²) in [6.45, 7) is 1.96. The van der Waals surface area contributed by atoms with E-state index < -0.39 is 0 Å². The average Bonchev–Trinajstić information content (AvgIpc) is 2.43. The Morgan fingerprint density at radius 2 is 2.00 bits per heavy atom. The summed E-state index contributed by atoms with van der Waals surface area (Å²) in [6.07, 6.45) is 6.09. The zero-order chi connectivity index (χ0) is 13.8. The van der Waals surface area contributed by atoms with E-state index in [-0.39, 0.29) is 0 Å². The molecule has 0 bridgehead atoms. The first kappa shape index (κ1) is 14.2. The van der Waals surface area contributed by atoms with E-state index in [0.29, 0.717) is 16.7 Å². The predicted octanol–water partition coefficient (Wildman–Crippen LogP) is 4.23. The van der Waals surface area contributed by atoms with E-state index in [1.54, 1.807) is 13.2 Å². The molecule has 0 saturated heterocycles. The van der Waals surface area contributed by atoms with Crippen molar-refractivity contribution in [1.82, 2.24) is 0 Å². The van der Waals surface area contributed by atoms with Gasteiger partial charge in [0.05, 0.1) is 7.11 Å². The van der Waals surface area contributed by atoms with Gasteiger partial charge in [-0.05, 0) is 31.4 Å². The normalized spacial score (nSPS) is 17.5. The Bertz CT molecular complexity index is 479. The van der Waals surface area contributed by atoms with E-state index in [1.165, 1.54) is 19.3 Å². The Morgan fingerprint density at radius 3 is 2.63 bits per heavy atom. The SMILES string of the molecule is COc1cc(Cl)c(C)cc1N=C(N)C1CCCCC1. The number of aliphatic imine (C=N–C) groups is 1. The standard InChI is InChI=1S/C15H21ClN2O/c1-10-8-13(14(19-2)9-12(10)16)18-15(17)11-6-4-3-5-7-11/h8-9,11H,3-7H2,1-2H3,(H2,17,18). The average molecular weight is 281 g/mol. The maximum Gasteiger partial charge on any atom is 0.146 e. The van der Waals surface area contributed by atoms with Gasteiger partial charge >= 0.3 is 0 Å². The van der Waals surface area contributed by atoms with Crippen LogP contribution in [-0.4, -0.2) is 12.9 Å². The maximum atomic E-state index is 6.15. The molecule has 0 unspecified atom stereocenters. The van der Waals surface area contributed by atoms with Crippen LogP contribution in [0.3, 0.4) is 0 Å². The number of ether oxygens (including phenoxy) is 1. The van der Waals surface area contributed by atoms with E-state index in [9.17, 15) is 0 Å². The second-order valence-electron chi connectivity index (χ2n) is 5.14. The molecule has 0 radical (unpaired) electrons. The summed E-state index contributed by atoms with van der Waals surface area (Å²) in [6, 6.07) is 3.72. The van der Waals surface area contributed by atoms with Crippen LogP contribution < -0.4 is 10.5 Å². The van der Waals surface area contributed by atoms with Crippen molar-refractivity contribution in [1.29, 1.82) is 0 Å². The van der Waals surface area contributed by atoms with E-state index >= 15 is 0 Å². The summed E-state index contributed by atoms with van der Waals surface area (Å²) in [5.41, 5.74) is 7.91. The van der Waals surface area contributed by atoms with E-state index in [0.717, 1.165) is 29.9 Å². The molecule has 104 valence electrons. The van der Waals surface area contributed by atoms with Crippen LogP contribution in [0.1, 0.15) is 37.7 Å². The van der Waals surface area contributed by atoms with Crippen LogP contribution in [0.15, 0.2) is 17.1 Å². The molecule has 0 aromatic heterocycles. The Hall–Kier alpha value is -1.22. The lowest BCUT2D eigenvalue weighted by Gasteiger charge is -2.21. The van der Waals surface area contributed by atoms with Crippen molar-refractivity contribution >= 4 is 23.1 Å². The third kappa shape index (κ3) is 3.41. The highest BCUT2D eigenvalue weighted by Crippen LogP contribution is 2.34. The number of hydrogen-bond acceptors (Lipinski definition) is 2. The molecule has 0 amide bonds. The highest BCUT2D eigenvalue weighted by molar-refractivity contribution is 6.31. The number of hydrogen-bond donors (Lipinski definition) is 1. The summed E-state index contributed by atoms with van der Waals surface area (Å²) in [5, 5.41) is 0.687. The molecular weight excluding hydrogens is 260 g/mol. The van der Waals surface area contributed by atoms with Gasteiger partial charge in [0.1, 0.15) is 17.3 Å². The maximum absolute atomic E-state index is 6.15. The van der Waals surface area contributed by atoms with Gasteiger partial charge in [-0.15, -0.1) is 0 Å². The minimum Gasteiger partial charge on any atom is -0.494 e.